The molecule has 1 heterocycles. The van der Waals surface area contributed by atoms with Crippen LogP contribution in [0.3, 0.4) is 0 Å². The minimum Gasteiger partial charge on any atom is -0.481 e. The smallest absolute Gasteiger partial charge is 0.305 e. The predicted molar refractivity (Wildman–Crippen MR) is 53.7 cm³/mol. The van der Waals surface area contributed by atoms with Crippen molar-refractivity contribution >= 4 is 14.8 Å². The van der Waals surface area contributed by atoms with E-state index in [9.17, 15) is 4.79 Å². The van der Waals surface area contributed by atoms with Crippen molar-refractivity contribution in [2.75, 3.05) is 6.61 Å². The van der Waals surface area contributed by atoms with Gasteiger partial charge in [-0.05, 0) is 19.3 Å². The van der Waals surface area contributed by atoms with Gasteiger partial charge in [0.25, 0.3) is 0 Å². The minimum atomic E-state index is -1.05. The molecule has 1 rings (SSSR count). The Labute approximate surface area is 80.7 Å². The number of carboxylic acid groups (broad SMARTS) is 1. The largest absolute Gasteiger partial charge is 0.481 e. The fourth-order valence-corrected chi connectivity index (χ4v) is 3.74. The molecule has 0 spiro atoms. The summed E-state index contributed by atoms with van der Waals surface area (Å²) in [5.41, 5.74) is 0. The number of aliphatic carboxylic acids is 1. The molecule has 4 heteroatoms. The molecule has 1 aliphatic rings. The van der Waals surface area contributed by atoms with Crippen molar-refractivity contribution in [3.05, 3.63) is 0 Å². The van der Waals surface area contributed by atoms with Crippen LogP contribution in [-0.2, 0) is 9.53 Å². The third-order valence-electron chi connectivity index (χ3n) is 2.89. The van der Waals surface area contributed by atoms with Gasteiger partial charge in [-0.15, -0.1) is 0 Å². The molecule has 0 aromatic heterocycles. The molecule has 0 aliphatic carbocycles. The monoisotopic (exact) mass is 202 g/mol. The summed E-state index contributed by atoms with van der Waals surface area (Å²) in [5, 5.41) is 8.56. The van der Waals surface area contributed by atoms with Gasteiger partial charge in [0.15, 0.2) is 0 Å². The van der Waals surface area contributed by atoms with Crippen LogP contribution in [0.1, 0.15) is 25.7 Å². The van der Waals surface area contributed by atoms with Gasteiger partial charge in [0.1, 0.15) is 0 Å². The second-order valence-electron chi connectivity index (χ2n) is 4.10. The first kappa shape index (κ1) is 10.7. The topological polar surface area (TPSA) is 46.5 Å². The van der Waals surface area contributed by atoms with Gasteiger partial charge in [0.05, 0.1) is 20.4 Å². The van der Waals surface area contributed by atoms with Gasteiger partial charge in [0, 0.05) is 6.61 Å². The molecule has 1 N–H and O–H groups in total. The van der Waals surface area contributed by atoms with Crippen molar-refractivity contribution < 1.29 is 14.6 Å². The van der Waals surface area contributed by atoms with Crippen LogP contribution in [0.25, 0.3) is 0 Å². The van der Waals surface area contributed by atoms with Crippen molar-refractivity contribution in [2.45, 2.75) is 44.0 Å². The lowest BCUT2D eigenvalue weighted by Gasteiger charge is -2.39. The Hall–Kier alpha value is -0.353. The highest BCUT2D eigenvalue weighted by Crippen LogP contribution is 2.30. The standard InChI is InChI=1S/C9H18O3Si/c1-13(2)9(7-8(10)11)5-3-4-6-12-9/h13H,3-7H2,1-2H3,(H,10,11). The average molecular weight is 202 g/mol. The quantitative estimate of drug-likeness (QED) is 0.704. The molecule has 0 bridgehead atoms. The molecule has 1 aliphatic heterocycles. The van der Waals surface area contributed by atoms with Crippen molar-refractivity contribution in [1.29, 1.82) is 0 Å². The molecule has 76 valence electrons. The zero-order valence-corrected chi connectivity index (χ0v) is 9.53. The first-order valence-corrected chi connectivity index (χ1v) is 7.81. The molecule has 13 heavy (non-hydrogen) atoms. The zero-order chi connectivity index (χ0) is 9.90. The highest BCUT2D eigenvalue weighted by atomic mass is 28.3. The van der Waals surface area contributed by atoms with E-state index < -0.39 is 14.8 Å². The minimum absolute atomic E-state index is 0.205. The maximum absolute atomic E-state index is 10.7. The number of hydrogen-bond acceptors (Lipinski definition) is 2. The fourth-order valence-electron chi connectivity index (χ4n) is 1.93. The van der Waals surface area contributed by atoms with E-state index in [1.54, 1.807) is 0 Å². The maximum Gasteiger partial charge on any atom is 0.305 e. The predicted octanol–water partition coefficient (Wildman–Crippen LogP) is 1.43. The Morgan fingerprint density at radius 2 is 2.23 bits per heavy atom. The first-order chi connectivity index (χ1) is 6.07. The Balaban J connectivity index is 2.67. The van der Waals surface area contributed by atoms with Crippen molar-refractivity contribution in [1.82, 2.24) is 0 Å². The molecule has 0 saturated carbocycles. The number of hydrogen-bond donors (Lipinski definition) is 1. The Kier molecular flexibility index (Phi) is 3.50. The SMILES string of the molecule is C[SiH](C)C1(CC(=O)O)CCCCO1. The van der Waals surface area contributed by atoms with Crippen LogP contribution >= 0.6 is 0 Å². The van der Waals surface area contributed by atoms with E-state index in [0.29, 0.717) is 0 Å². The molecular weight excluding hydrogens is 184 g/mol. The van der Waals surface area contributed by atoms with Crippen LogP contribution in [0.5, 0.6) is 0 Å². The average Bonchev–Trinajstić information content (AvgIpc) is 2.04. The van der Waals surface area contributed by atoms with E-state index in [1.165, 1.54) is 0 Å². The van der Waals surface area contributed by atoms with E-state index in [1.807, 2.05) is 0 Å². The molecule has 0 amide bonds. The number of ether oxygens (including phenoxy) is 1. The lowest BCUT2D eigenvalue weighted by molar-refractivity contribution is -0.143. The summed E-state index contributed by atoms with van der Waals surface area (Å²) in [5.74, 6) is -0.719. The van der Waals surface area contributed by atoms with Crippen LogP contribution < -0.4 is 0 Å². The van der Waals surface area contributed by atoms with Gasteiger partial charge in [0.2, 0.25) is 0 Å². The van der Waals surface area contributed by atoms with Crippen molar-refractivity contribution in [2.24, 2.45) is 0 Å². The first-order valence-electron chi connectivity index (χ1n) is 4.92. The highest BCUT2D eigenvalue weighted by molar-refractivity contribution is 6.59. The Morgan fingerprint density at radius 3 is 2.62 bits per heavy atom. The van der Waals surface area contributed by atoms with Crippen LogP contribution in [0.15, 0.2) is 0 Å². The van der Waals surface area contributed by atoms with E-state index in [4.69, 9.17) is 9.84 Å². The molecule has 1 unspecified atom stereocenters. The third kappa shape index (κ3) is 2.54. The second kappa shape index (κ2) is 4.24. The van der Waals surface area contributed by atoms with Gasteiger partial charge < -0.3 is 9.84 Å². The number of carboxylic acids is 1. The molecule has 0 aromatic carbocycles. The summed E-state index contributed by atoms with van der Waals surface area (Å²) < 4.78 is 5.72. The van der Waals surface area contributed by atoms with Crippen molar-refractivity contribution in [3.8, 4) is 0 Å². The van der Waals surface area contributed by atoms with Gasteiger partial charge >= 0.3 is 5.97 Å². The van der Waals surface area contributed by atoms with E-state index >= 15 is 0 Å². The summed E-state index contributed by atoms with van der Waals surface area (Å²) in [6, 6.07) is 0. The number of rotatable bonds is 3. The summed E-state index contributed by atoms with van der Waals surface area (Å²) in [6.07, 6.45) is 3.36. The van der Waals surface area contributed by atoms with Gasteiger partial charge in [-0.3, -0.25) is 4.79 Å². The Morgan fingerprint density at radius 1 is 1.54 bits per heavy atom. The molecule has 3 nitrogen and oxygen atoms in total. The summed E-state index contributed by atoms with van der Waals surface area (Å²) in [6.45, 7) is 5.10. The summed E-state index contributed by atoms with van der Waals surface area (Å²) in [7, 11) is -1.05. The maximum atomic E-state index is 10.7. The van der Waals surface area contributed by atoms with Gasteiger partial charge in [-0.1, -0.05) is 13.1 Å². The van der Waals surface area contributed by atoms with E-state index in [0.717, 1.165) is 25.9 Å². The van der Waals surface area contributed by atoms with Crippen LogP contribution in [0.2, 0.25) is 13.1 Å². The third-order valence-corrected chi connectivity index (χ3v) is 5.65. The molecule has 1 fully saturated rings. The molecule has 1 saturated heterocycles. The summed E-state index contributed by atoms with van der Waals surface area (Å²) in [4.78, 5) is 10.7. The second-order valence-corrected chi connectivity index (χ2v) is 7.46. The normalized spacial score (nSPS) is 29.2. The van der Waals surface area contributed by atoms with Crippen LogP contribution in [-0.4, -0.2) is 31.7 Å². The molecule has 0 aromatic rings. The van der Waals surface area contributed by atoms with Crippen LogP contribution in [0, 0.1) is 0 Å². The molecular formula is C9H18O3Si. The molecule has 0 radical (unpaired) electrons. The molecule has 1 atom stereocenters. The highest BCUT2D eigenvalue weighted by Gasteiger charge is 2.39. The van der Waals surface area contributed by atoms with Gasteiger partial charge in [-0.25, -0.2) is 0 Å². The lowest BCUT2D eigenvalue weighted by atomic mass is 10.1. The summed E-state index contributed by atoms with van der Waals surface area (Å²) >= 11 is 0. The Bertz CT molecular complexity index is 185. The lowest BCUT2D eigenvalue weighted by Crippen LogP contribution is -2.48. The van der Waals surface area contributed by atoms with Gasteiger partial charge in [-0.2, -0.15) is 0 Å². The van der Waals surface area contributed by atoms with E-state index in [-0.39, 0.29) is 11.6 Å². The fraction of sp³-hybridized carbons (Fsp3) is 0.889. The van der Waals surface area contributed by atoms with Crippen LogP contribution in [0.4, 0.5) is 0 Å². The number of carbonyl (C=O) groups is 1. The van der Waals surface area contributed by atoms with Crippen molar-refractivity contribution in [3.63, 3.8) is 0 Å². The zero-order valence-electron chi connectivity index (χ0n) is 8.38. The van der Waals surface area contributed by atoms with E-state index in [2.05, 4.69) is 13.1 Å².